The van der Waals surface area contributed by atoms with Gasteiger partial charge in [-0.15, -0.1) is 0 Å². The topological polar surface area (TPSA) is 15.3 Å². The van der Waals surface area contributed by atoms with Gasteiger partial charge in [-0.1, -0.05) is 0 Å². The van der Waals surface area contributed by atoms with Gasteiger partial charge in [0.15, 0.2) is 0 Å². The Morgan fingerprint density at radius 2 is 1.80 bits per heavy atom. The second kappa shape index (κ2) is 2.63. The molecule has 0 fully saturated rings. The van der Waals surface area contributed by atoms with E-state index in [-0.39, 0.29) is 0 Å². The van der Waals surface area contributed by atoms with Gasteiger partial charge in [0.1, 0.15) is 0 Å². The molecule has 0 aromatic rings. The van der Waals surface area contributed by atoms with Crippen molar-refractivity contribution in [1.29, 1.82) is 0 Å². The van der Waals surface area contributed by atoms with Crippen LogP contribution in [0.15, 0.2) is 0 Å². The third-order valence-electron chi connectivity index (χ3n) is 0.169. The summed E-state index contributed by atoms with van der Waals surface area (Å²) in [6, 6.07) is 0. The minimum absolute atomic E-state index is 1.79. The lowest BCUT2D eigenvalue weighted by Crippen LogP contribution is -2.19. The van der Waals surface area contributed by atoms with Crippen molar-refractivity contribution in [2.24, 2.45) is 0 Å². The maximum atomic E-state index is 2.99. The van der Waals surface area contributed by atoms with E-state index in [9.17, 15) is 0 Å². The highest BCUT2D eigenvalue weighted by Gasteiger charge is 1.71. The normalized spacial score (nSPS) is 9.60. The molecule has 0 unspecified atom stereocenters. The first-order chi connectivity index (χ1) is 2.27. The van der Waals surface area contributed by atoms with Crippen LogP contribution in [0.3, 0.4) is 0 Å². The van der Waals surface area contributed by atoms with Gasteiger partial charge in [-0.2, -0.15) is 4.45 Å². The van der Waals surface area contributed by atoms with E-state index in [0.29, 0.717) is 0 Å². The fourth-order valence-corrected chi connectivity index (χ4v) is 0. The van der Waals surface area contributed by atoms with Gasteiger partial charge in [-0.25, -0.2) is 5.01 Å². The molecule has 32 valence electrons. The van der Waals surface area contributed by atoms with Gasteiger partial charge in [0, 0.05) is 30.2 Å². The summed E-state index contributed by atoms with van der Waals surface area (Å²) in [6.45, 7) is 0. The fourth-order valence-electron chi connectivity index (χ4n) is 0. The van der Waals surface area contributed by atoms with Gasteiger partial charge in [0.05, 0.1) is 0 Å². The third-order valence-corrected chi connectivity index (χ3v) is 0.878. The van der Waals surface area contributed by atoms with E-state index in [1.54, 1.807) is 5.01 Å². The van der Waals surface area contributed by atoms with Crippen molar-refractivity contribution in [3.05, 3.63) is 0 Å². The molecule has 0 aliphatic heterocycles. The summed E-state index contributed by atoms with van der Waals surface area (Å²) in [5.74, 6) is 0. The largest absolute Gasteiger partial charge is 0.241 e. The Morgan fingerprint density at radius 3 is 1.80 bits per heavy atom. The molecule has 0 aliphatic rings. The molecule has 2 nitrogen and oxygen atoms in total. The van der Waals surface area contributed by atoms with Gasteiger partial charge in [-0.05, 0) is 0 Å². The highest BCUT2D eigenvalue weighted by molar-refractivity contribution is 9.08. The number of nitrogens with one attached hydrogen (secondary N) is 1. The van der Waals surface area contributed by atoms with Crippen LogP contribution in [-0.4, -0.2) is 19.1 Å². The number of hydrogen-bond acceptors (Lipinski definition) is 2. The van der Waals surface area contributed by atoms with E-state index in [0.717, 1.165) is 0 Å². The number of nitrogens with zero attached hydrogens (tertiary/aromatic N) is 1. The quantitative estimate of drug-likeness (QED) is 0.416. The maximum absolute atomic E-state index is 2.99. The molecule has 0 aromatic heterocycles. The van der Waals surface area contributed by atoms with E-state index in [1.165, 1.54) is 0 Å². The minimum Gasteiger partial charge on any atom is -0.241 e. The predicted octanol–water partition coefficient (Wildman–Crippen LogP) is 0.362. The average Bonchev–Trinajstić information content (AvgIpc) is 1.38. The molecule has 0 radical (unpaired) electrons. The monoisotopic (exact) mass is 138 g/mol. The van der Waals surface area contributed by atoms with Gasteiger partial charge in [-0.3, -0.25) is 0 Å². The zero-order valence-electron chi connectivity index (χ0n) is 3.33. The van der Waals surface area contributed by atoms with Crippen LogP contribution in [0.2, 0.25) is 0 Å². The van der Waals surface area contributed by atoms with Crippen molar-refractivity contribution in [2.75, 3.05) is 14.1 Å². The van der Waals surface area contributed by atoms with Crippen LogP contribution in [0.4, 0.5) is 0 Å². The fraction of sp³-hybridized carbons (Fsp3) is 1.00. The average molecular weight is 139 g/mol. The maximum Gasteiger partial charge on any atom is 0.0254 e. The van der Waals surface area contributed by atoms with Crippen LogP contribution in [-0.2, 0) is 0 Å². The van der Waals surface area contributed by atoms with E-state index >= 15 is 0 Å². The SMILES string of the molecule is CN(C)NBr. The van der Waals surface area contributed by atoms with Crippen LogP contribution in [0.1, 0.15) is 0 Å². The van der Waals surface area contributed by atoms with Crippen molar-refractivity contribution in [3.8, 4) is 0 Å². The molecule has 0 spiro atoms. The van der Waals surface area contributed by atoms with Crippen molar-refractivity contribution < 1.29 is 0 Å². The summed E-state index contributed by atoms with van der Waals surface area (Å²) in [5, 5.41) is 1.79. The highest BCUT2D eigenvalue weighted by atomic mass is 79.9. The number of rotatable bonds is 1. The Kier molecular flexibility index (Phi) is 2.84. The van der Waals surface area contributed by atoms with Crippen molar-refractivity contribution in [3.63, 3.8) is 0 Å². The zero-order valence-corrected chi connectivity index (χ0v) is 4.91. The molecule has 0 bridgehead atoms. The van der Waals surface area contributed by atoms with Crippen molar-refractivity contribution in [2.45, 2.75) is 0 Å². The Labute approximate surface area is 40.5 Å². The Bertz CT molecular complexity index is 21.6. The molecule has 0 heterocycles. The highest BCUT2D eigenvalue weighted by Crippen LogP contribution is 1.65. The number of hydrazine groups is 1. The molecular formula is C2H7BrN2. The molecule has 0 saturated heterocycles. The summed E-state index contributed by atoms with van der Waals surface area (Å²) >= 11 is 2.99. The van der Waals surface area contributed by atoms with Gasteiger partial charge >= 0.3 is 0 Å². The lowest BCUT2D eigenvalue weighted by molar-refractivity contribution is 0.392. The van der Waals surface area contributed by atoms with Crippen molar-refractivity contribution >= 4 is 16.1 Å². The first-order valence-corrected chi connectivity index (χ1v) is 2.10. The second-order valence-corrected chi connectivity index (χ2v) is 1.33. The Balaban J connectivity index is 2.54. The predicted molar refractivity (Wildman–Crippen MR) is 25.7 cm³/mol. The summed E-state index contributed by atoms with van der Waals surface area (Å²) in [5.41, 5.74) is 0. The minimum atomic E-state index is 1.79. The van der Waals surface area contributed by atoms with Gasteiger partial charge in [0.2, 0.25) is 0 Å². The molecule has 0 saturated carbocycles. The van der Waals surface area contributed by atoms with Crippen LogP contribution in [0.25, 0.3) is 0 Å². The first-order valence-electron chi connectivity index (χ1n) is 1.31. The standard InChI is InChI=1S/C2H7BrN2/c1-5(2)4-3/h4H,1-2H3. The Morgan fingerprint density at radius 1 is 1.60 bits per heavy atom. The molecule has 0 aliphatic carbocycles. The molecule has 0 aromatic carbocycles. The van der Waals surface area contributed by atoms with Gasteiger partial charge in [0.25, 0.3) is 0 Å². The Hall–Kier alpha value is 0.400. The van der Waals surface area contributed by atoms with Crippen LogP contribution >= 0.6 is 16.1 Å². The molecule has 0 rings (SSSR count). The third kappa shape index (κ3) is 4.40. The van der Waals surface area contributed by atoms with E-state index < -0.39 is 0 Å². The molecule has 1 N–H and O–H groups in total. The van der Waals surface area contributed by atoms with Crippen LogP contribution in [0, 0.1) is 0 Å². The van der Waals surface area contributed by atoms with E-state index in [2.05, 4.69) is 20.6 Å². The van der Waals surface area contributed by atoms with Crippen LogP contribution < -0.4 is 4.45 Å². The van der Waals surface area contributed by atoms with Crippen LogP contribution in [0.5, 0.6) is 0 Å². The summed E-state index contributed by atoms with van der Waals surface area (Å²) in [4.78, 5) is 0. The van der Waals surface area contributed by atoms with E-state index in [4.69, 9.17) is 0 Å². The lowest BCUT2D eigenvalue weighted by atomic mass is 11.2. The molecule has 0 atom stereocenters. The second-order valence-electron chi connectivity index (χ2n) is 0.979. The summed E-state index contributed by atoms with van der Waals surface area (Å²) in [6.07, 6.45) is 0. The summed E-state index contributed by atoms with van der Waals surface area (Å²) in [7, 11) is 3.80. The van der Waals surface area contributed by atoms with Crippen molar-refractivity contribution in [1.82, 2.24) is 9.46 Å². The molecule has 5 heavy (non-hydrogen) atoms. The summed E-state index contributed by atoms with van der Waals surface area (Å²) < 4.78 is 2.67. The first kappa shape index (κ1) is 5.40. The van der Waals surface area contributed by atoms with Gasteiger partial charge < -0.3 is 0 Å². The zero-order chi connectivity index (χ0) is 4.28. The number of hydrogen-bond donors (Lipinski definition) is 1. The molecule has 3 heteroatoms. The molecule has 0 amide bonds. The lowest BCUT2D eigenvalue weighted by Gasteiger charge is -2.00. The van der Waals surface area contributed by atoms with E-state index in [1.807, 2.05) is 14.1 Å². The molecular weight excluding hydrogens is 132 g/mol. The smallest absolute Gasteiger partial charge is 0.0254 e. The number of halogens is 1.